The van der Waals surface area contributed by atoms with Crippen molar-refractivity contribution in [1.29, 1.82) is 0 Å². The lowest BCUT2D eigenvalue weighted by Crippen LogP contribution is -2.32. The fourth-order valence-corrected chi connectivity index (χ4v) is 2.38. The molecule has 104 valence electrons. The molecule has 5 nitrogen and oxygen atoms in total. The topological polar surface area (TPSA) is 70.9 Å². The SMILES string of the molecule is O=C(NCCOCO)C1=Nc2ccccc2[C@@H]2CC2=C1. The highest BCUT2D eigenvalue weighted by Gasteiger charge is 2.35. The van der Waals surface area contributed by atoms with Crippen molar-refractivity contribution >= 4 is 17.3 Å². The molecule has 1 heterocycles. The second-order valence-corrected chi connectivity index (χ2v) is 4.83. The molecule has 0 spiro atoms. The molecular weight excluding hydrogens is 256 g/mol. The number of para-hydroxylation sites is 1. The Kier molecular flexibility index (Phi) is 3.62. The van der Waals surface area contributed by atoms with Gasteiger partial charge in [-0.3, -0.25) is 4.79 Å². The van der Waals surface area contributed by atoms with Crippen LogP contribution >= 0.6 is 0 Å². The summed E-state index contributed by atoms with van der Waals surface area (Å²) in [5.74, 6) is 0.222. The highest BCUT2D eigenvalue weighted by Crippen LogP contribution is 2.51. The minimum absolute atomic E-state index is 0.207. The number of benzene rings is 1. The zero-order chi connectivity index (χ0) is 13.9. The van der Waals surface area contributed by atoms with Gasteiger partial charge < -0.3 is 15.2 Å². The Morgan fingerprint density at radius 3 is 3.15 bits per heavy atom. The van der Waals surface area contributed by atoms with Crippen LogP contribution in [-0.2, 0) is 9.53 Å². The van der Waals surface area contributed by atoms with Crippen LogP contribution in [0.4, 0.5) is 5.69 Å². The van der Waals surface area contributed by atoms with Gasteiger partial charge in [0, 0.05) is 12.5 Å². The van der Waals surface area contributed by atoms with E-state index < -0.39 is 0 Å². The molecule has 0 bridgehead atoms. The summed E-state index contributed by atoms with van der Waals surface area (Å²) >= 11 is 0. The quantitative estimate of drug-likeness (QED) is 0.626. The third kappa shape index (κ3) is 2.64. The first kappa shape index (κ1) is 13.0. The maximum Gasteiger partial charge on any atom is 0.269 e. The summed E-state index contributed by atoms with van der Waals surface area (Å²) in [5, 5.41) is 11.2. The number of hydrogen-bond donors (Lipinski definition) is 2. The van der Waals surface area contributed by atoms with E-state index in [2.05, 4.69) is 16.4 Å². The van der Waals surface area contributed by atoms with E-state index in [-0.39, 0.29) is 19.3 Å². The van der Waals surface area contributed by atoms with Crippen molar-refractivity contribution in [2.24, 2.45) is 4.99 Å². The summed E-state index contributed by atoms with van der Waals surface area (Å²) in [6.07, 6.45) is 2.89. The van der Waals surface area contributed by atoms with Crippen LogP contribution in [0.1, 0.15) is 17.9 Å². The maximum atomic E-state index is 12.1. The number of nitrogens with one attached hydrogen (secondary N) is 1. The minimum atomic E-state index is -0.337. The molecule has 1 aliphatic carbocycles. The Balaban J connectivity index is 1.75. The molecule has 1 aromatic rings. The van der Waals surface area contributed by atoms with Crippen molar-refractivity contribution < 1.29 is 14.6 Å². The van der Waals surface area contributed by atoms with Gasteiger partial charge in [-0.25, -0.2) is 4.99 Å². The molecule has 2 N–H and O–H groups in total. The van der Waals surface area contributed by atoms with Crippen molar-refractivity contribution in [2.75, 3.05) is 19.9 Å². The van der Waals surface area contributed by atoms with E-state index in [0.29, 0.717) is 18.2 Å². The lowest BCUT2D eigenvalue weighted by Gasteiger charge is -2.06. The monoisotopic (exact) mass is 272 g/mol. The molecule has 3 rings (SSSR count). The number of ether oxygens (including phenoxy) is 1. The van der Waals surface area contributed by atoms with Gasteiger partial charge in [-0.05, 0) is 24.1 Å². The number of hydrogen-bond acceptors (Lipinski definition) is 4. The van der Waals surface area contributed by atoms with Crippen LogP contribution in [0, 0.1) is 0 Å². The Bertz CT molecular complexity index is 593. The van der Waals surface area contributed by atoms with E-state index in [1.165, 1.54) is 11.1 Å². The molecule has 2 aliphatic rings. The van der Waals surface area contributed by atoms with Crippen molar-refractivity contribution in [1.82, 2.24) is 5.32 Å². The normalized spacial score (nSPS) is 19.1. The number of carbonyl (C=O) groups is 1. The zero-order valence-corrected chi connectivity index (χ0v) is 11.0. The summed E-state index contributed by atoms with van der Waals surface area (Å²) in [6, 6.07) is 7.94. The van der Waals surface area contributed by atoms with E-state index in [1.54, 1.807) is 0 Å². The summed E-state index contributed by atoms with van der Waals surface area (Å²) in [4.78, 5) is 16.5. The molecule has 0 aromatic heterocycles. The van der Waals surface area contributed by atoms with Gasteiger partial charge in [0.1, 0.15) is 12.5 Å². The maximum absolute atomic E-state index is 12.1. The minimum Gasteiger partial charge on any atom is -0.371 e. The first-order valence-corrected chi connectivity index (χ1v) is 6.64. The van der Waals surface area contributed by atoms with Gasteiger partial charge in [-0.1, -0.05) is 23.8 Å². The molecule has 1 amide bonds. The van der Waals surface area contributed by atoms with Crippen LogP contribution in [0.2, 0.25) is 0 Å². The molecule has 0 unspecified atom stereocenters. The van der Waals surface area contributed by atoms with Gasteiger partial charge in [0.25, 0.3) is 5.91 Å². The summed E-state index contributed by atoms with van der Waals surface area (Å²) in [6.45, 7) is 0.299. The molecule has 5 heteroatoms. The number of fused-ring (bicyclic) bond motifs is 3. The highest BCUT2D eigenvalue weighted by atomic mass is 16.6. The standard InChI is InChI=1S/C15H16N2O3/c18-9-20-6-5-16-15(19)14-8-10-7-12(10)11-3-1-2-4-13(11)17-14/h1-4,8,12,18H,5-7,9H2,(H,16,19)/t12-/m1/s1. The third-order valence-corrected chi connectivity index (χ3v) is 3.46. The van der Waals surface area contributed by atoms with E-state index in [1.807, 2.05) is 24.3 Å². The van der Waals surface area contributed by atoms with Crippen molar-refractivity contribution in [3.63, 3.8) is 0 Å². The van der Waals surface area contributed by atoms with Gasteiger partial charge in [0.05, 0.1) is 12.3 Å². The van der Waals surface area contributed by atoms with E-state index >= 15 is 0 Å². The molecule has 0 radical (unpaired) electrons. The number of aliphatic hydroxyl groups is 1. The Labute approximate surface area is 117 Å². The second kappa shape index (κ2) is 5.56. The second-order valence-electron chi connectivity index (χ2n) is 4.83. The van der Waals surface area contributed by atoms with Crippen LogP contribution in [0.3, 0.4) is 0 Å². The van der Waals surface area contributed by atoms with Crippen molar-refractivity contribution in [3.8, 4) is 0 Å². The lowest BCUT2D eigenvalue weighted by atomic mass is 10.1. The molecule has 1 saturated carbocycles. The van der Waals surface area contributed by atoms with Crippen LogP contribution in [-0.4, -0.2) is 36.7 Å². The molecule has 20 heavy (non-hydrogen) atoms. The summed E-state index contributed by atoms with van der Waals surface area (Å²) < 4.78 is 4.77. The van der Waals surface area contributed by atoms with Crippen molar-refractivity contribution in [3.05, 3.63) is 41.5 Å². The van der Waals surface area contributed by atoms with Crippen LogP contribution in [0.25, 0.3) is 0 Å². The van der Waals surface area contributed by atoms with Gasteiger partial charge >= 0.3 is 0 Å². The fraction of sp³-hybridized carbons (Fsp3) is 0.333. The van der Waals surface area contributed by atoms with Gasteiger partial charge in [-0.2, -0.15) is 0 Å². The Hall–Kier alpha value is -1.98. The van der Waals surface area contributed by atoms with Gasteiger partial charge in [-0.15, -0.1) is 0 Å². The van der Waals surface area contributed by atoms with E-state index in [9.17, 15) is 4.79 Å². The van der Waals surface area contributed by atoms with Crippen LogP contribution in [0.15, 0.2) is 40.9 Å². The van der Waals surface area contributed by atoms with Crippen LogP contribution < -0.4 is 5.32 Å². The Morgan fingerprint density at radius 1 is 1.45 bits per heavy atom. The highest BCUT2D eigenvalue weighted by molar-refractivity contribution is 6.44. The molecule has 1 fully saturated rings. The average Bonchev–Trinajstić information content (AvgIpc) is 3.22. The molecule has 0 saturated heterocycles. The number of aliphatic hydroxyl groups excluding tert-OH is 1. The van der Waals surface area contributed by atoms with Crippen molar-refractivity contribution in [2.45, 2.75) is 12.3 Å². The molecular formula is C15H16N2O3. The fourth-order valence-electron chi connectivity index (χ4n) is 2.38. The predicted molar refractivity (Wildman–Crippen MR) is 75.0 cm³/mol. The molecule has 1 aliphatic heterocycles. The van der Waals surface area contributed by atoms with Gasteiger partial charge in [0.15, 0.2) is 0 Å². The smallest absolute Gasteiger partial charge is 0.269 e. The summed E-state index contributed by atoms with van der Waals surface area (Å²) in [7, 11) is 0. The first-order chi connectivity index (χ1) is 9.79. The largest absolute Gasteiger partial charge is 0.371 e. The van der Waals surface area contributed by atoms with E-state index in [4.69, 9.17) is 9.84 Å². The average molecular weight is 272 g/mol. The molecule has 1 atom stereocenters. The summed E-state index contributed by atoms with van der Waals surface area (Å²) in [5.41, 5.74) is 3.77. The van der Waals surface area contributed by atoms with E-state index in [0.717, 1.165) is 12.1 Å². The predicted octanol–water partition coefficient (Wildman–Crippen LogP) is 1.27. The molecule has 1 aromatic carbocycles. The Morgan fingerprint density at radius 2 is 2.30 bits per heavy atom. The third-order valence-electron chi connectivity index (χ3n) is 3.46. The number of aliphatic imine (C=N–C) groups is 1. The number of rotatable bonds is 5. The number of carbonyl (C=O) groups excluding carboxylic acids is 1. The number of nitrogens with zero attached hydrogens (tertiary/aromatic N) is 1. The lowest BCUT2D eigenvalue weighted by molar-refractivity contribution is -0.115. The van der Waals surface area contributed by atoms with Gasteiger partial charge in [0.2, 0.25) is 0 Å². The number of amides is 1. The van der Waals surface area contributed by atoms with Crippen LogP contribution in [0.5, 0.6) is 0 Å². The zero-order valence-electron chi connectivity index (χ0n) is 11.0. The number of allylic oxidation sites excluding steroid dienone is 1. The first-order valence-electron chi connectivity index (χ1n) is 6.64.